The van der Waals surface area contributed by atoms with Crippen LogP contribution in [0.2, 0.25) is 0 Å². The van der Waals surface area contributed by atoms with Gasteiger partial charge in [-0.3, -0.25) is 0 Å². The van der Waals surface area contributed by atoms with Crippen LogP contribution < -0.4 is 10.6 Å². The van der Waals surface area contributed by atoms with Gasteiger partial charge in [0.05, 0.1) is 11.4 Å². The molecule has 0 aliphatic carbocycles. The number of anilines is 4. The summed E-state index contributed by atoms with van der Waals surface area (Å²) < 4.78 is 0.805. The monoisotopic (exact) mass is 332 g/mol. The summed E-state index contributed by atoms with van der Waals surface area (Å²) in [6, 6.07) is 24.6. The van der Waals surface area contributed by atoms with Crippen molar-refractivity contribution in [1.29, 1.82) is 0 Å². The van der Waals surface area contributed by atoms with Crippen LogP contribution in [0.1, 0.15) is 11.1 Å². The molecule has 0 radical (unpaired) electrons. The maximum absolute atomic E-state index is 5.31. The van der Waals surface area contributed by atoms with Gasteiger partial charge in [0.2, 0.25) is 0 Å². The highest BCUT2D eigenvalue weighted by atomic mass is 32.1. The summed E-state index contributed by atoms with van der Waals surface area (Å²) in [5, 5.41) is 6.94. The summed E-state index contributed by atoms with van der Waals surface area (Å²) in [5.74, 6) is 0. The summed E-state index contributed by atoms with van der Waals surface area (Å²) in [6.07, 6.45) is 0. The zero-order valence-corrected chi connectivity index (χ0v) is 14.7. The first-order valence-corrected chi connectivity index (χ1v) is 8.33. The molecule has 0 saturated carbocycles. The second kappa shape index (κ2) is 7.28. The normalized spacial score (nSPS) is 10.2. The van der Waals surface area contributed by atoms with Crippen LogP contribution in [0.15, 0.2) is 72.8 Å². The Hall–Kier alpha value is -2.65. The Bertz CT molecular complexity index is 811. The number of hydrogen-bond donors (Lipinski definition) is 2. The van der Waals surface area contributed by atoms with Crippen LogP contribution in [-0.2, 0) is 0 Å². The topological polar surface area (TPSA) is 24.1 Å². The van der Waals surface area contributed by atoms with E-state index in [-0.39, 0.29) is 0 Å². The van der Waals surface area contributed by atoms with E-state index in [1.807, 2.05) is 24.3 Å². The summed E-state index contributed by atoms with van der Waals surface area (Å²) in [7, 11) is 0. The number of rotatable bonds is 4. The zero-order valence-electron chi connectivity index (χ0n) is 13.8. The second-order valence-corrected chi connectivity index (χ2v) is 6.35. The molecule has 0 aliphatic heterocycles. The van der Waals surface area contributed by atoms with Crippen LogP contribution in [-0.4, -0.2) is 0 Å². The fourth-order valence-electron chi connectivity index (χ4n) is 2.37. The first-order valence-electron chi connectivity index (χ1n) is 7.92. The third-order valence-corrected chi connectivity index (χ3v) is 4.05. The molecule has 24 heavy (non-hydrogen) atoms. The molecule has 3 aromatic rings. The van der Waals surface area contributed by atoms with Crippen LogP contribution in [0.5, 0.6) is 0 Å². The number of benzene rings is 2. The molecule has 0 aromatic heterocycles. The highest BCUT2D eigenvalue weighted by Crippen LogP contribution is 2.28. The third-order valence-electron chi connectivity index (χ3n) is 3.78. The second-order valence-electron chi connectivity index (χ2n) is 5.88. The lowest BCUT2D eigenvalue weighted by Crippen LogP contribution is -1.96. The van der Waals surface area contributed by atoms with Crippen molar-refractivity contribution < 1.29 is 0 Å². The molecule has 0 unspecified atom stereocenters. The van der Waals surface area contributed by atoms with Crippen molar-refractivity contribution in [3.05, 3.63) is 88.4 Å². The first kappa shape index (κ1) is 16.2. The number of nitrogens with one attached hydrogen (secondary N) is 2. The van der Waals surface area contributed by atoms with Gasteiger partial charge >= 0.3 is 0 Å². The van der Waals surface area contributed by atoms with Crippen LogP contribution in [0.4, 0.5) is 22.7 Å². The molecule has 3 aromatic carbocycles. The maximum atomic E-state index is 5.31. The molecule has 120 valence electrons. The average molecular weight is 332 g/mol. The van der Waals surface area contributed by atoms with Gasteiger partial charge < -0.3 is 10.6 Å². The number of aryl methyl sites for hydroxylation is 2. The molecule has 2 N–H and O–H groups in total. The molecule has 0 amide bonds. The van der Waals surface area contributed by atoms with Gasteiger partial charge in [0.25, 0.3) is 0 Å². The van der Waals surface area contributed by atoms with Crippen molar-refractivity contribution in [2.24, 2.45) is 0 Å². The van der Waals surface area contributed by atoms with E-state index in [1.165, 1.54) is 11.1 Å². The van der Waals surface area contributed by atoms with Gasteiger partial charge in [0.15, 0.2) is 0 Å². The summed E-state index contributed by atoms with van der Waals surface area (Å²) in [5.41, 5.74) is 6.54. The highest BCUT2D eigenvalue weighted by Gasteiger charge is 2.02. The van der Waals surface area contributed by atoms with E-state index in [0.29, 0.717) is 0 Å². The molecular weight excluding hydrogens is 312 g/mol. The van der Waals surface area contributed by atoms with Crippen molar-refractivity contribution >= 4 is 35.0 Å². The van der Waals surface area contributed by atoms with Crippen LogP contribution in [0.3, 0.4) is 0 Å². The van der Waals surface area contributed by atoms with Gasteiger partial charge in [-0.2, -0.15) is 0 Å². The molecule has 0 fully saturated rings. The van der Waals surface area contributed by atoms with E-state index < -0.39 is 0 Å². The number of hydrogen-bond acceptors (Lipinski definition) is 3. The standard InChI is InChI=1S/C21H20N2S/c1-15-3-7-17(8-4-15)22-20-13-11-19(24)12-14-21(20)23-18-9-5-16(2)6-10-18/h3-14,22-23H,1-2H3. The summed E-state index contributed by atoms with van der Waals surface area (Å²) in [4.78, 5) is 0. The van der Waals surface area contributed by atoms with Gasteiger partial charge in [-0.15, -0.1) is 0 Å². The lowest BCUT2D eigenvalue weighted by molar-refractivity contribution is 1.44. The van der Waals surface area contributed by atoms with E-state index in [4.69, 9.17) is 12.2 Å². The Morgan fingerprint density at radius 2 is 0.917 bits per heavy atom. The van der Waals surface area contributed by atoms with Gasteiger partial charge in [-0.05, 0) is 62.4 Å². The van der Waals surface area contributed by atoms with Crippen LogP contribution in [0, 0.1) is 18.4 Å². The molecule has 2 nitrogen and oxygen atoms in total. The van der Waals surface area contributed by atoms with Crippen molar-refractivity contribution in [3.63, 3.8) is 0 Å². The van der Waals surface area contributed by atoms with Crippen molar-refractivity contribution in [1.82, 2.24) is 0 Å². The smallest absolute Gasteiger partial charge is 0.0624 e. The third kappa shape index (κ3) is 4.21. The predicted octanol–water partition coefficient (Wildman–Crippen LogP) is 6.52. The van der Waals surface area contributed by atoms with Crippen LogP contribution in [0.25, 0.3) is 0 Å². The summed E-state index contributed by atoms with van der Waals surface area (Å²) >= 11 is 5.31. The van der Waals surface area contributed by atoms with E-state index in [1.54, 1.807) is 0 Å². The minimum Gasteiger partial charge on any atom is -0.354 e. The van der Waals surface area contributed by atoms with Gasteiger partial charge in [0.1, 0.15) is 0 Å². The molecule has 0 atom stereocenters. The average Bonchev–Trinajstić information content (AvgIpc) is 2.75. The Labute approximate surface area is 148 Å². The lowest BCUT2D eigenvalue weighted by Gasteiger charge is -2.12. The van der Waals surface area contributed by atoms with E-state index >= 15 is 0 Å². The Kier molecular flexibility index (Phi) is 4.92. The molecular formula is C21H20N2S. The van der Waals surface area contributed by atoms with E-state index in [0.717, 1.165) is 27.3 Å². The van der Waals surface area contributed by atoms with Gasteiger partial charge in [0, 0.05) is 15.9 Å². The minimum atomic E-state index is 0.805. The zero-order chi connectivity index (χ0) is 16.9. The molecule has 0 saturated heterocycles. The van der Waals surface area contributed by atoms with Gasteiger partial charge in [-0.1, -0.05) is 47.6 Å². The quantitative estimate of drug-likeness (QED) is 0.532. The molecule has 3 heteroatoms. The van der Waals surface area contributed by atoms with Crippen molar-refractivity contribution in [2.75, 3.05) is 10.6 Å². The van der Waals surface area contributed by atoms with E-state index in [9.17, 15) is 0 Å². The van der Waals surface area contributed by atoms with E-state index in [2.05, 4.69) is 73.0 Å². The maximum Gasteiger partial charge on any atom is 0.0624 e. The first-order chi connectivity index (χ1) is 11.6. The minimum absolute atomic E-state index is 0.805. The largest absolute Gasteiger partial charge is 0.354 e. The molecule has 0 aliphatic rings. The predicted molar refractivity (Wildman–Crippen MR) is 106 cm³/mol. The van der Waals surface area contributed by atoms with Crippen molar-refractivity contribution in [3.8, 4) is 0 Å². The summed E-state index contributed by atoms with van der Waals surface area (Å²) in [6.45, 7) is 4.17. The van der Waals surface area contributed by atoms with Crippen LogP contribution >= 0.6 is 12.2 Å². The fraction of sp³-hybridized carbons (Fsp3) is 0.0952. The van der Waals surface area contributed by atoms with Gasteiger partial charge in [-0.25, -0.2) is 0 Å². The fourth-order valence-corrected chi connectivity index (χ4v) is 2.50. The molecule has 0 bridgehead atoms. The Morgan fingerprint density at radius 1 is 0.542 bits per heavy atom. The molecule has 0 spiro atoms. The molecule has 3 rings (SSSR count). The Balaban J connectivity index is 1.95. The highest BCUT2D eigenvalue weighted by molar-refractivity contribution is 7.71. The SMILES string of the molecule is Cc1ccc(Nc2ccc(=S)ccc2Nc2ccc(C)cc2)cc1. The van der Waals surface area contributed by atoms with Crippen molar-refractivity contribution in [2.45, 2.75) is 13.8 Å². The molecule has 0 heterocycles. The lowest BCUT2D eigenvalue weighted by atomic mass is 10.2. The Morgan fingerprint density at radius 3 is 1.29 bits per heavy atom.